The second kappa shape index (κ2) is 6.62. The van der Waals surface area contributed by atoms with Crippen LogP contribution in [-0.4, -0.2) is 24.8 Å². The van der Waals surface area contributed by atoms with Crippen molar-refractivity contribution in [3.05, 3.63) is 12.7 Å². The first-order valence-electron chi connectivity index (χ1n) is 5.68. The molecule has 3 heteroatoms. The first-order chi connectivity index (χ1) is 7.26. The number of carbonyl (C=O) groups is 1. The Morgan fingerprint density at radius 1 is 1.53 bits per heavy atom. The van der Waals surface area contributed by atoms with Crippen LogP contribution in [0.25, 0.3) is 0 Å². The highest BCUT2D eigenvalue weighted by molar-refractivity contribution is 5.69. The zero-order valence-corrected chi connectivity index (χ0v) is 9.41. The minimum atomic E-state index is -0.151. The summed E-state index contributed by atoms with van der Waals surface area (Å²) in [6.45, 7) is 5.96. The second-order valence-corrected chi connectivity index (χ2v) is 3.84. The summed E-state index contributed by atoms with van der Waals surface area (Å²) < 4.78 is 10.7. The molecule has 0 spiro atoms. The highest BCUT2D eigenvalue weighted by Crippen LogP contribution is 2.23. The number of esters is 1. The van der Waals surface area contributed by atoms with Gasteiger partial charge in [0.15, 0.2) is 0 Å². The highest BCUT2D eigenvalue weighted by atomic mass is 16.5. The van der Waals surface area contributed by atoms with Crippen LogP contribution in [0, 0.1) is 0 Å². The third-order valence-corrected chi connectivity index (χ3v) is 2.57. The summed E-state index contributed by atoms with van der Waals surface area (Å²) in [5.74, 6) is -0.151. The van der Waals surface area contributed by atoms with Crippen molar-refractivity contribution in [2.24, 2.45) is 0 Å². The minimum absolute atomic E-state index is 0.0442. The Morgan fingerprint density at radius 2 is 2.27 bits per heavy atom. The Balaban J connectivity index is 2.29. The van der Waals surface area contributed by atoms with Crippen molar-refractivity contribution >= 4 is 5.97 Å². The van der Waals surface area contributed by atoms with Gasteiger partial charge in [0.1, 0.15) is 0 Å². The normalized spacial score (nSPS) is 25.9. The Hall–Kier alpha value is -0.830. The van der Waals surface area contributed by atoms with Crippen LogP contribution in [0.3, 0.4) is 0 Å². The molecule has 0 aromatic heterocycles. The second-order valence-electron chi connectivity index (χ2n) is 3.84. The van der Waals surface area contributed by atoms with E-state index in [0.29, 0.717) is 13.0 Å². The highest BCUT2D eigenvalue weighted by Gasteiger charge is 2.23. The lowest BCUT2D eigenvalue weighted by Gasteiger charge is -2.28. The van der Waals surface area contributed by atoms with E-state index in [1.165, 1.54) is 0 Å². The van der Waals surface area contributed by atoms with E-state index in [1.807, 2.05) is 13.0 Å². The van der Waals surface area contributed by atoms with Crippen molar-refractivity contribution in [3.63, 3.8) is 0 Å². The average Bonchev–Trinajstić information content (AvgIpc) is 2.19. The summed E-state index contributed by atoms with van der Waals surface area (Å²) in [6, 6.07) is 0. The van der Waals surface area contributed by atoms with Crippen molar-refractivity contribution in [1.29, 1.82) is 0 Å². The van der Waals surface area contributed by atoms with Gasteiger partial charge in [-0.15, -0.1) is 6.58 Å². The van der Waals surface area contributed by atoms with Gasteiger partial charge in [-0.3, -0.25) is 4.79 Å². The van der Waals surface area contributed by atoms with Crippen LogP contribution >= 0.6 is 0 Å². The van der Waals surface area contributed by atoms with Gasteiger partial charge in [0.25, 0.3) is 0 Å². The van der Waals surface area contributed by atoms with E-state index in [1.54, 1.807) is 0 Å². The molecule has 0 aromatic carbocycles. The zero-order valence-electron chi connectivity index (χ0n) is 9.41. The molecular formula is C12H20O3. The molecule has 15 heavy (non-hydrogen) atoms. The maximum absolute atomic E-state index is 11.3. The van der Waals surface area contributed by atoms with E-state index in [0.717, 1.165) is 25.7 Å². The molecule has 1 fully saturated rings. The largest absolute Gasteiger partial charge is 0.466 e. The van der Waals surface area contributed by atoms with E-state index in [9.17, 15) is 4.79 Å². The van der Waals surface area contributed by atoms with Crippen molar-refractivity contribution in [3.8, 4) is 0 Å². The predicted octanol–water partition coefficient (Wildman–Crippen LogP) is 2.45. The maximum atomic E-state index is 11.3. The topological polar surface area (TPSA) is 35.5 Å². The van der Waals surface area contributed by atoms with Crippen LogP contribution in [0.2, 0.25) is 0 Å². The lowest BCUT2D eigenvalue weighted by atomic mass is 10.0. The van der Waals surface area contributed by atoms with Crippen molar-refractivity contribution < 1.29 is 14.3 Å². The predicted molar refractivity (Wildman–Crippen MR) is 58.6 cm³/mol. The van der Waals surface area contributed by atoms with Gasteiger partial charge in [0.2, 0.25) is 0 Å². The fourth-order valence-electron chi connectivity index (χ4n) is 1.90. The van der Waals surface area contributed by atoms with Gasteiger partial charge in [-0.2, -0.15) is 0 Å². The number of hydrogen-bond donors (Lipinski definition) is 0. The molecule has 1 aliphatic heterocycles. The van der Waals surface area contributed by atoms with Crippen LogP contribution in [0.1, 0.15) is 39.0 Å². The summed E-state index contributed by atoms with van der Waals surface area (Å²) in [6.07, 6.45) is 6.59. The van der Waals surface area contributed by atoms with Gasteiger partial charge in [-0.05, 0) is 32.6 Å². The molecule has 0 radical (unpaired) electrons. The Bertz CT molecular complexity index is 213. The molecule has 0 unspecified atom stereocenters. The van der Waals surface area contributed by atoms with E-state index in [-0.39, 0.29) is 18.2 Å². The minimum Gasteiger partial charge on any atom is -0.466 e. The van der Waals surface area contributed by atoms with Gasteiger partial charge in [0.05, 0.1) is 25.2 Å². The fraction of sp³-hybridized carbons (Fsp3) is 0.750. The molecule has 3 nitrogen and oxygen atoms in total. The molecule has 1 rings (SSSR count). The van der Waals surface area contributed by atoms with E-state index in [2.05, 4.69) is 6.58 Å². The van der Waals surface area contributed by atoms with Crippen molar-refractivity contribution in [2.75, 3.05) is 6.61 Å². The van der Waals surface area contributed by atoms with Gasteiger partial charge in [-0.25, -0.2) is 0 Å². The summed E-state index contributed by atoms with van der Waals surface area (Å²) in [7, 11) is 0. The molecule has 0 aliphatic carbocycles. The fourth-order valence-corrected chi connectivity index (χ4v) is 1.90. The maximum Gasteiger partial charge on any atom is 0.308 e. The van der Waals surface area contributed by atoms with Crippen LogP contribution in [-0.2, 0) is 14.3 Å². The molecule has 86 valence electrons. The summed E-state index contributed by atoms with van der Waals surface area (Å²) >= 11 is 0. The zero-order chi connectivity index (χ0) is 11.1. The van der Waals surface area contributed by atoms with Crippen LogP contribution < -0.4 is 0 Å². The number of carbonyl (C=O) groups excluding carboxylic acids is 1. The van der Waals surface area contributed by atoms with Crippen molar-refractivity contribution in [1.82, 2.24) is 0 Å². The van der Waals surface area contributed by atoms with Crippen LogP contribution in [0.5, 0.6) is 0 Å². The van der Waals surface area contributed by atoms with Gasteiger partial charge in [-0.1, -0.05) is 6.08 Å². The smallest absolute Gasteiger partial charge is 0.308 e. The molecule has 2 atom stereocenters. The van der Waals surface area contributed by atoms with Crippen LogP contribution in [0.15, 0.2) is 12.7 Å². The van der Waals surface area contributed by atoms with Gasteiger partial charge >= 0.3 is 5.97 Å². The first kappa shape index (κ1) is 12.2. The molecule has 1 saturated heterocycles. The summed E-state index contributed by atoms with van der Waals surface area (Å²) in [5, 5.41) is 0. The quantitative estimate of drug-likeness (QED) is 0.518. The monoisotopic (exact) mass is 212 g/mol. The Kier molecular flexibility index (Phi) is 5.40. The SMILES string of the molecule is C=CC[C@@H]1CCC[C@H](CC(=O)OCC)O1. The molecule has 0 bridgehead atoms. The summed E-state index contributed by atoms with van der Waals surface area (Å²) in [4.78, 5) is 11.3. The third-order valence-electron chi connectivity index (χ3n) is 2.57. The molecule has 0 N–H and O–H groups in total. The molecule has 0 saturated carbocycles. The van der Waals surface area contributed by atoms with E-state index >= 15 is 0 Å². The van der Waals surface area contributed by atoms with Gasteiger partial charge < -0.3 is 9.47 Å². The standard InChI is InChI=1S/C12H20O3/c1-3-6-10-7-5-8-11(15-10)9-12(13)14-4-2/h3,10-11H,1,4-9H2,2H3/t10-,11-/m1/s1. The molecular weight excluding hydrogens is 192 g/mol. The Labute approximate surface area is 91.4 Å². The number of hydrogen-bond acceptors (Lipinski definition) is 3. The molecule has 0 amide bonds. The molecule has 1 heterocycles. The van der Waals surface area contributed by atoms with Crippen LogP contribution in [0.4, 0.5) is 0 Å². The van der Waals surface area contributed by atoms with E-state index in [4.69, 9.17) is 9.47 Å². The van der Waals surface area contributed by atoms with Crippen molar-refractivity contribution in [2.45, 2.75) is 51.2 Å². The lowest BCUT2D eigenvalue weighted by Crippen LogP contribution is -2.29. The first-order valence-corrected chi connectivity index (χ1v) is 5.68. The number of rotatable bonds is 5. The summed E-state index contributed by atoms with van der Waals surface area (Å²) in [5.41, 5.74) is 0. The molecule has 0 aromatic rings. The average molecular weight is 212 g/mol. The molecule has 1 aliphatic rings. The van der Waals surface area contributed by atoms with Gasteiger partial charge in [0, 0.05) is 0 Å². The van der Waals surface area contributed by atoms with E-state index < -0.39 is 0 Å². The lowest BCUT2D eigenvalue weighted by molar-refractivity contribution is -0.149. The Morgan fingerprint density at radius 3 is 2.93 bits per heavy atom. The number of ether oxygens (including phenoxy) is 2. The third kappa shape index (κ3) is 4.47.